The third kappa shape index (κ3) is 4.91. The minimum Gasteiger partial charge on any atom is -0.314 e. The van der Waals surface area contributed by atoms with E-state index in [1.54, 1.807) is 0 Å². The summed E-state index contributed by atoms with van der Waals surface area (Å²) in [5, 5.41) is 3.81. The fourth-order valence-electron chi connectivity index (χ4n) is 3.45. The van der Waals surface area contributed by atoms with Gasteiger partial charge in [-0.05, 0) is 62.3 Å². The molecule has 4 unspecified atom stereocenters. The van der Waals surface area contributed by atoms with Gasteiger partial charge >= 0.3 is 0 Å². The highest BCUT2D eigenvalue weighted by molar-refractivity contribution is 4.86. The van der Waals surface area contributed by atoms with Gasteiger partial charge in [0.2, 0.25) is 0 Å². The van der Waals surface area contributed by atoms with Gasteiger partial charge in [0.1, 0.15) is 0 Å². The molecule has 18 heavy (non-hydrogen) atoms. The van der Waals surface area contributed by atoms with Gasteiger partial charge in [-0.3, -0.25) is 0 Å². The molecular formula is C17H35N. The molecule has 1 aliphatic carbocycles. The van der Waals surface area contributed by atoms with Crippen LogP contribution in [0.3, 0.4) is 0 Å². The molecule has 108 valence electrons. The van der Waals surface area contributed by atoms with Gasteiger partial charge in [-0.25, -0.2) is 0 Å². The van der Waals surface area contributed by atoms with Crippen LogP contribution in [0.15, 0.2) is 0 Å². The first kappa shape index (κ1) is 16.0. The summed E-state index contributed by atoms with van der Waals surface area (Å²) in [7, 11) is 0. The molecule has 0 aromatic heterocycles. The Hall–Kier alpha value is -0.0400. The van der Waals surface area contributed by atoms with Crippen molar-refractivity contribution in [1.82, 2.24) is 5.32 Å². The number of hydrogen-bond donors (Lipinski definition) is 1. The maximum Gasteiger partial charge on any atom is 0.00956 e. The topological polar surface area (TPSA) is 12.0 Å². The maximum atomic E-state index is 3.81. The molecule has 0 saturated heterocycles. The number of rotatable bonds is 7. The Kier molecular flexibility index (Phi) is 7.29. The van der Waals surface area contributed by atoms with E-state index in [1.807, 2.05) is 0 Å². The van der Waals surface area contributed by atoms with Gasteiger partial charge in [-0.15, -0.1) is 0 Å². The highest BCUT2D eigenvalue weighted by Gasteiger charge is 2.31. The molecule has 1 nitrogen and oxygen atoms in total. The van der Waals surface area contributed by atoms with Crippen LogP contribution in [-0.4, -0.2) is 12.6 Å². The summed E-state index contributed by atoms with van der Waals surface area (Å²) in [4.78, 5) is 0. The first-order valence-electron chi connectivity index (χ1n) is 8.31. The molecular weight excluding hydrogens is 218 g/mol. The van der Waals surface area contributed by atoms with E-state index in [9.17, 15) is 0 Å². The Labute approximate surface area is 115 Å². The highest BCUT2D eigenvalue weighted by Crippen LogP contribution is 2.37. The van der Waals surface area contributed by atoms with E-state index in [1.165, 1.54) is 45.1 Å². The minimum absolute atomic E-state index is 0.800. The normalized spacial score (nSPS) is 30.7. The largest absolute Gasteiger partial charge is 0.314 e. The maximum absolute atomic E-state index is 3.81. The van der Waals surface area contributed by atoms with Gasteiger partial charge < -0.3 is 5.32 Å². The molecule has 0 radical (unpaired) electrons. The molecule has 4 atom stereocenters. The van der Waals surface area contributed by atoms with Crippen molar-refractivity contribution in [3.8, 4) is 0 Å². The van der Waals surface area contributed by atoms with E-state index in [0.717, 1.165) is 29.7 Å². The van der Waals surface area contributed by atoms with E-state index in [-0.39, 0.29) is 0 Å². The second-order valence-electron chi connectivity index (χ2n) is 6.89. The molecule has 0 aromatic carbocycles. The third-order valence-corrected chi connectivity index (χ3v) is 5.02. The fraction of sp³-hybridized carbons (Fsp3) is 1.00. The van der Waals surface area contributed by atoms with Crippen LogP contribution in [0.1, 0.15) is 73.1 Å². The van der Waals surface area contributed by atoms with Crippen molar-refractivity contribution in [2.45, 2.75) is 79.2 Å². The van der Waals surface area contributed by atoms with Crippen molar-refractivity contribution in [2.75, 3.05) is 6.54 Å². The van der Waals surface area contributed by atoms with Crippen LogP contribution < -0.4 is 5.32 Å². The first-order chi connectivity index (χ1) is 8.58. The van der Waals surface area contributed by atoms with Crippen LogP contribution in [0, 0.1) is 23.7 Å². The Morgan fingerprint density at radius 3 is 2.39 bits per heavy atom. The number of hydrogen-bond acceptors (Lipinski definition) is 1. The Balaban J connectivity index is 2.54. The zero-order valence-electron chi connectivity index (χ0n) is 13.3. The van der Waals surface area contributed by atoms with Crippen molar-refractivity contribution in [3.05, 3.63) is 0 Å². The van der Waals surface area contributed by atoms with Crippen LogP contribution in [0.4, 0.5) is 0 Å². The van der Waals surface area contributed by atoms with Crippen molar-refractivity contribution in [2.24, 2.45) is 23.7 Å². The molecule has 1 aliphatic rings. The van der Waals surface area contributed by atoms with Crippen LogP contribution >= 0.6 is 0 Å². The summed E-state index contributed by atoms with van der Waals surface area (Å²) >= 11 is 0. The summed E-state index contributed by atoms with van der Waals surface area (Å²) in [5.41, 5.74) is 0. The molecule has 0 amide bonds. The van der Waals surface area contributed by atoms with Gasteiger partial charge in [-0.1, -0.05) is 41.0 Å². The standard InChI is InChI=1S/C17H35N/c1-6-10-18-17-9-8-15(13(3)4)12-16(17)11-14(5)7-2/h13-18H,6-12H2,1-5H3. The lowest BCUT2D eigenvalue weighted by Crippen LogP contribution is -2.42. The molecule has 1 fully saturated rings. The lowest BCUT2D eigenvalue weighted by molar-refractivity contribution is 0.147. The molecule has 0 aromatic rings. The summed E-state index contributed by atoms with van der Waals surface area (Å²) in [5.74, 6) is 3.66. The quantitative estimate of drug-likeness (QED) is 0.683. The lowest BCUT2D eigenvalue weighted by Gasteiger charge is -2.39. The molecule has 0 bridgehead atoms. The molecule has 1 heteroatoms. The van der Waals surface area contributed by atoms with Gasteiger partial charge in [0.05, 0.1) is 0 Å². The summed E-state index contributed by atoms with van der Waals surface area (Å²) < 4.78 is 0. The zero-order chi connectivity index (χ0) is 13.5. The minimum atomic E-state index is 0.800. The monoisotopic (exact) mass is 253 g/mol. The molecule has 1 N–H and O–H groups in total. The first-order valence-corrected chi connectivity index (χ1v) is 8.31. The lowest BCUT2D eigenvalue weighted by atomic mass is 9.71. The Bertz CT molecular complexity index is 212. The average molecular weight is 253 g/mol. The predicted molar refractivity (Wildman–Crippen MR) is 81.8 cm³/mol. The van der Waals surface area contributed by atoms with Crippen LogP contribution in [-0.2, 0) is 0 Å². The summed E-state index contributed by atoms with van der Waals surface area (Å²) in [6, 6.07) is 0.800. The molecule has 1 saturated carbocycles. The zero-order valence-corrected chi connectivity index (χ0v) is 13.3. The molecule has 0 spiro atoms. The number of nitrogens with one attached hydrogen (secondary N) is 1. The van der Waals surface area contributed by atoms with Crippen molar-refractivity contribution in [3.63, 3.8) is 0 Å². The third-order valence-electron chi connectivity index (χ3n) is 5.02. The van der Waals surface area contributed by atoms with E-state index < -0.39 is 0 Å². The van der Waals surface area contributed by atoms with Crippen molar-refractivity contribution in [1.29, 1.82) is 0 Å². The van der Waals surface area contributed by atoms with E-state index in [2.05, 4.69) is 39.9 Å². The SMILES string of the molecule is CCCNC1CCC(C(C)C)CC1CC(C)CC. The van der Waals surface area contributed by atoms with E-state index in [0.29, 0.717) is 0 Å². The van der Waals surface area contributed by atoms with E-state index in [4.69, 9.17) is 0 Å². The highest BCUT2D eigenvalue weighted by atomic mass is 14.9. The van der Waals surface area contributed by atoms with Crippen LogP contribution in [0.5, 0.6) is 0 Å². The summed E-state index contributed by atoms with van der Waals surface area (Å²) in [6.07, 6.45) is 8.34. The van der Waals surface area contributed by atoms with Gasteiger partial charge in [0.25, 0.3) is 0 Å². The smallest absolute Gasteiger partial charge is 0.00956 e. The fourth-order valence-corrected chi connectivity index (χ4v) is 3.45. The van der Waals surface area contributed by atoms with Crippen molar-refractivity contribution >= 4 is 0 Å². The Morgan fingerprint density at radius 1 is 1.11 bits per heavy atom. The Morgan fingerprint density at radius 2 is 1.83 bits per heavy atom. The van der Waals surface area contributed by atoms with Gasteiger partial charge in [-0.2, -0.15) is 0 Å². The van der Waals surface area contributed by atoms with E-state index >= 15 is 0 Å². The van der Waals surface area contributed by atoms with Gasteiger partial charge in [0, 0.05) is 6.04 Å². The molecule has 0 heterocycles. The van der Waals surface area contributed by atoms with Crippen LogP contribution in [0.2, 0.25) is 0 Å². The molecule has 0 aliphatic heterocycles. The van der Waals surface area contributed by atoms with Crippen molar-refractivity contribution < 1.29 is 0 Å². The second kappa shape index (κ2) is 8.19. The molecule has 1 rings (SSSR count). The van der Waals surface area contributed by atoms with Gasteiger partial charge in [0.15, 0.2) is 0 Å². The predicted octanol–water partition coefficient (Wildman–Crippen LogP) is 4.86. The summed E-state index contributed by atoms with van der Waals surface area (Å²) in [6.45, 7) is 13.1. The second-order valence-corrected chi connectivity index (χ2v) is 6.89. The van der Waals surface area contributed by atoms with Crippen LogP contribution in [0.25, 0.3) is 0 Å². The average Bonchev–Trinajstić information content (AvgIpc) is 2.36.